The standard InChI is InChI=1S/C22H24N4O2/c1-15-13-19(17-11-7-8-12-18(17)24-15)25-22(28)21(27)23-14-20(26(2)3)16-9-5-4-6-10-16/h4-13,20H,14H2,1-3H3,(H,23,27)(H,24,25,28). The van der Waals surface area contributed by atoms with Crippen LogP contribution in [0.25, 0.3) is 10.9 Å². The van der Waals surface area contributed by atoms with Gasteiger partial charge in [-0.15, -0.1) is 0 Å². The molecule has 2 amide bonds. The molecule has 1 aromatic heterocycles. The third-order valence-corrected chi connectivity index (χ3v) is 4.56. The van der Waals surface area contributed by atoms with Gasteiger partial charge < -0.3 is 15.5 Å². The lowest BCUT2D eigenvalue weighted by atomic mass is 10.1. The zero-order valence-corrected chi connectivity index (χ0v) is 16.3. The lowest BCUT2D eigenvalue weighted by molar-refractivity contribution is -0.136. The molecule has 0 spiro atoms. The Kier molecular flexibility index (Phi) is 6.01. The van der Waals surface area contributed by atoms with E-state index in [1.807, 2.05) is 80.5 Å². The number of aryl methyl sites for hydroxylation is 1. The van der Waals surface area contributed by atoms with Crippen LogP contribution in [0, 0.1) is 6.92 Å². The Labute approximate surface area is 164 Å². The molecule has 6 nitrogen and oxygen atoms in total. The smallest absolute Gasteiger partial charge is 0.313 e. The summed E-state index contributed by atoms with van der Waals surface area (Å²) < 4.78 is 0. The van der Waals surface area contributed by atoms with Gasteiger partial charge in [-0.05, 0) is 38.7 Å². The van der Waals surface area contributed by atoms with Gasteiger partial charge in [-0.3, -0.25) is 14.6 Å². The van der Waals surface area contributed by atoms with Crippen molar-refractivity contribution in [3.63, 3.8) is 0 Å². The van der Waals surface area contributed by atoms with Crippen molar-refractivity contribution in [2.45, 2.75) is 13.0 Å². The van der Waals surface area contributed by atoms with Crippen LogP contribution in [0.5, 0.6) is 0 Å². The molecule has 2 N–H and O–H groups in total. The van der Waals surface area contributed by atoms with Crippen LogP contribution in [0.1, 0.15) is 17.3 Å². The molecular weight excluding hydrogens is 352 g/mol. The van der Waals surface area contributed by atoms with Crippen LogP contribution in [0.15, 0.2) is 60.7 Å². The second kappa shape index (κ2) is 8.63. The molecule has 2 aromatic carbocycles. The average molecular weight is 376 g/mol. The van der Waals surface area contributed by atoms with Gasteiger partial charge in [0, 0.05) is 17.6 Å². The van der Waals surface area contributed by atoms with Gasteiger partial charge >= 0.3 is 11.8 Å². The normalized spacial score (nSPS) is 12.0. The minimum absolute atomic E-state index is 0.0260. The number of hydrogen-bond donors (Lipinski definition) is 2. The number of nitrogens with zero attached hydrogens (tertiary/aromatic N) is 2. The van der Waals surface area contributed by atoms with Crippen molar-refractivity contribution < 1.29 is 9.59 Å². The van der Waals surface area contributed by atoms with E-state index in [9.17, 15) is 9.59 Å². The Morgan fingerprint density at radius 1 is 1.00 bits per heavy atom. The van der Waals surface area contributed by atoms with E-state index < -0.39 is 11.8 Å². The van der Waals surface area contributed by atoms with Crippen molar-refractivity contribution in [3.05, 3.63) is 71.9 Å². The van der Waals surface area contributed by atoms with Gasteiger partial charge in [0.25, 0.3) is 0 Å². The summed E-state index contributed by atoms with van der Waals surface area (Å²) in [6, 6.07) is 19.1. The number of benzene rings is 2. The van der Waals surface area contributed by atoms with Gasteiger partial charge in [-0.1, -0.05) is 48.5 Å². The molecule has 0 aliphatic carbocycles. The van der Waals surface area contributed by atoms with E-state index in [1.165, 1.54) is 0 Å². The Bertz CT molecular complexity index is 986. The Balaban J connectivity index is 1.69. The van der Waals surface area contributed by atoms with E-state index in [0.717, 1.165) is 22.2 Å². The maximum Gasteiger partial charge on any atom is 0.313 e. The van der Waals surface area contributed by atoms with Crippen LogP contribution < -0.4 is 10.6 Å². The number of amides is 2. The molecule has 3 rings (SSSR count). The van der Waals surface area contributed by atoms with Crippen molar-refractivity contribution in [2.24, 2.45) is 0 Å². The van der Waals surface area contributed by atoms with Crippen molar-refractivity contribution in [1.82, 2.24) is 15.2 Å². The van der Waals surface area contributed by atoms with E-state index in [0.29, 0.717) is 12.2 Å². The fraction of sp³-hybridized carbons (Fsp3) is 0.227. The number of fused-ring (bicyclic) bond motifs is 1. The summed E-state index contributed by atoms with van der Waals surface area (Å²) in [7, 11) is 3.88. The number of rotatable bonds is 5. The quantitative estimate of drug-likeness (QED) is 0.672. The number of para-hydroxylation sites is 1. The molecule has 0 bridgehead atoms. The molecule has 144 valence electrons. The molecule has 0 saturated heterocycles. The van der Waals surface area contributed by atoms with Gasteiger partial charge in [0.2, 0.25) is 0 Å². The number of carbonyl (C=O) groups is 2. The summed E-state index contributed by atoms with van der Waals surface area (Å²) >= 11 is 0. The van der Waals surface area contributed by atoms with Crippen molar-refractivity contribution in [2.75, 3.05) is 26.0 Å². The molecule has 1 unspecified atom stereocenters. The SMILES string of the molecule is Cc1cc(NC(=O)C(=O)NCC(c2ccccc2)N(C)C)c2ccccc2n1. The minimum atomic E-state index is -0.693. The number of hydrogen-bond acceptors (Lipinski definition) is 4. The van der Waals surface area contributed by atoms with Crippen LogP contribution in [0.4, 0.5) is 5.69 Å². The lowest BCUT2D eigenvalue weighted by Crippen LogP contribution is -2.40. The molecule has 0 aliphatic rings. The van der Waals surface area contributed by atoms with E-state index in [1.54, 1.807) is 6.07 Å². The molecule has 6 heteroatoms. The highest BCUT2D eigenvalue weighted by Crippen LogP contribution is 2.23. The Hall–Kier alpha value is -3.25. The summed E-state index contributed by atoms with van der Waals surface area (Å²) in [4.78, 5) is 31.2. The third kappa shape index (κ3) is 4.53. The first-order valence-electron chi connectivity index (χ1n) is 9.12. The van der Waals surface area contributed by atoms with Crippen LogP contribution in [0.3, 0.4) is 0 Å². The fourth-order valence-electron chi connectivity index (χ4n) is 3.13. The average Bonchev–Trinajstić information content (AvgIpc) is 2.68. The molecular formula is C22H24N4O2. The molecule has 0 saturated carbocycles. The molecule has 0 radical (unpaired) electrons. The maximum atomic E-state index is 12.4. The number of aromatic nitrogens is 1. The first kappa shape index (κ1) is 19.5. The third-order valence-electron chi connectivity index (χ3n) is 4.56. The first-order valence-corrected chi connectivity index (χ1v) is 9.12. The van der Waals surface area contributed by atoms with Gasteiger partial charge in [0.1, 0.15) is 0 Å². The number of pyridine rings is 1. The summed E-state index contributed by atoms with van der Waals surface area (Å²) in [5.74, 6) is -1.36. The zero-order valence-electron chi connectivity index (χ0n) is 16.3. The molecule has 1 heterocycles. The zero-order chi connectivity index (χ0) is 20.1. The van der Waals surface area contributed by atoms with Gasteiger partial charge in [-0.2, -0.15) is 0 Å². The topological polar surface area (TPSA) is 74.3 Å². The summed E-state index contributed by atoms with van der Waals surface area (Å²) in [6.07, 6.45) is 0. The van der Waals surface area contributed by atoms with Crippen molar-refractivity contribution >= 4 is 28.4 Å². The highest BCUT2D eigenvalue weighted by atomic mass is 16.2. The van der Waals surface area contributed by atoms with Crippen molar-refractivity contribution in [3.8, 4) is 0 Å². The molecule has 1 atom stereocenters. The maximum absolute atomic E-state index is 12.4. The highest BCUT2D eigenvalue weighted by Gasteiger charge is 2.19. The van der Waals surface area contributed by atoms with Crippen LogP contribution >= 0.6 is 0 Å². The van der Waals surface area contributed by atoms with E-state index in [2.05, 4.69) is 15.6 Å². The molecule has 28 heavy (non-hydrogen) atoms. The predicted octanol–water partition coefficient (Wildman–Crippen LogP) is 2.90. The summed E-state index contributed by atoms with van der Waals surface area (Å²) in [5.41, 5.74) is 3.19. The molecule has 0 fully saturated rings. The molecule has 3 aromatic rings. The Morgan fingerprint density at radius 2 is 1.68 bits per heavy atom. The van der Waals surface area contributed by atoms with Gasteiger partial charge in [0.05, 0.1) is 17.2 Å². The van der Waals surface area contributed by atoms with E-state index in [4.69, 9.17) is 0 Å². The first-order chi connectivity index (χ1) is 13.5. The second-order valence-corrected chi connectivity index (χ2v) is 6.88. The Morgan fingerprint density at radius 3 is 2.39 bits per heavy atom. The minimum Gasteiger partial charge on any atom is -0.346 e. The summed E-state index contributed by atoms with van der Waals surface area (Å²) in [5, 5.41) is 6.25. The number of likely N-dealkylation sites (N-methyl/N-ethyl adjacent to an activating group) is 1. The highest BCUT2D eigenvalue weighted by molar-refractivity contribution is 6.40. The monoisotopic (exact) mass is 376 g/mol. The van der Waals surface area contributed by atoms with E-state index >= 15 is 0 Å². The lowest BCUT2D eigenvalue weighted by Gasteiger charge is -2.25. The predicted molar refractivity (Wildman–Crippen MR) is 111 cm³/mol. The second-order valence-electron chi connectivity index (χ2n) is 6.88. The van der Waals surface area contributed by atoms with Crippen LogP contribution in [-0.2, 0) is 9.59 Å². The summed E-state index contributed by atoms with van der Waals surface area (Å²) in [6.45, 7) is 2.18. The van der Waals surface area contributed by atoms with Gasteiger partial charge in [0.15, 0.2) is 0 Å². The van der Waals surface area contributed by atoms with Crippen LogP contribution in [-0.4, -0.2) is 42.3 Å². The fourth-order valence-corrected chi connectivity index (χ4v) is 3.13. The number of anilines is 1. The van der Waals surface area contributed by atoms with Crippen molar-refractivity contribution in [1.29, 1.82) is 0 Å². The van der Waals surface area contributed by atoms with Gasteiger partial charge in [-0.25, -0.2) is 0 Å². The largest absolute Gasteiger partial charge is 0.346 e. The molecule has 0 aliphatic heterocycles. The number of carbonyl (C=O) groups excluding carboxylic acids is 2. The van der Waals surface area contributed by atoms with E-state index in [-0.39, 0.29) is 6.04 Å². The number of nitrogens with one attached hydrogen (secondary N) is 2. The van der Waals surface area contributed by atoms with Crippen LogP contribution in [0.2, 0.25) is 0 Å².